The van der Waals surface area contributed by atoms with E-state index in [0.29, 0.717) is 19.0 Å². The lowest BCUT2D eigenvalue weighted by Crippen LogP contribution is -2.41. The molecule has 3 aromatic rings. The Hall–Kier alpha value is -3.62. The third-order valence-electron chi connectivity index (χ3n) is 5.85. The highest BCUT2D eigenvalue weighted by molar-refractivity contribution is 6.01. The molecule has 1 aromatic carbocycles. The number of aromatic nitrogens is 2. The summed E-state index contributed by atoms with van der Waals surface area (Å²) in [5.41, 5.74) is 3.31. The number of nitro benzene ring substituents is 1. The lowest BCUT2D eigenvalue weighted by Gasteiger charge is -2.32. The zero-order chi connectivity index (χ0) is 22.1. The van der Waals surface area contributed by atoms with E-state index in [1.54, 1.807) is 32.4 Å². The number of non-ortho nitro benzene ring substituents is 1. The number of carbonyl (C=O) groups is 1. The molecule has 0 aliphatic carbocycles. The number of likely N-dealkylation sites (tertiary alicyclic amines) is 1. The Balaban J connectivity index is 1.75. The molecular weight excluding hydrogens is 398 g/mol. The van der Waals surface area contributed by atoms with Gasteiger partial charge in [0.1, 0.15) is 5.52 Å². The molecule has 0 bridgehead atoms. The number of nitro groups is 1. The Morgan fingerprint density at radius 1 is 1.26 bits per heavy atom. The first-order chi connectivity index (χ1) is 14.9. The number of piperidine rings is 1. The normalized spacial score (nSPS) is 14.6. The van der Waals surface area contributed by atoms with Crippen LogP contribution in [0.3, 0.4) is 0 Å². The summed E-state index contributed by atoms with van der Waals surface area (Å²) in [5.74, 6) is 0.593. The maximum atomic E-state index is 11.6. The van der Waals surface area contributed by atoms with Gasteiger partial charge in [0.05, 0.1) is 12.0 Å². The summed E-state index contributed by atoms with van der Waals surface area (Å²) in [6, 6.07) is 6.96. The summed E-state index contributed by atoms with van der Waals surface area (Å²) in [7, 11) is 3.47. The highest BCUT2D eigenvalue weighted by atomic mass is 16.6. The second kappa shape index (κ2) is 8.25. The number of hydrogen-bond acceptors (Lipinski definition) is 6. The number of ether oxygens (including phenoxy) is 1. The summed E-state index contributed by atoms with van der Waals surface area (Å²) in [6.07, 6.45) is 5.26. The summed E-state index contributed by atoms with van der Waals surface area (Å²) >= 11 is 0. The van der Waals surface area contributed by atoms with Crippen molar-refractivity contribution in [1.29, 1.82) is 0 Å². The fourth-order valence-corrected chi connectivity index (χ4v) is 4.24. The molecule has 1 amide bonds. The van der Waals surface area contributed by atoms with Crippen LogP contribution in [-0.2, 0) is 11.8 Å². The number of nitrogens with zero attached hydrogens (tertiary/aromatic N) is 4. The highest BCUT2D eigenvalue weighted by Crippen LogP contribution is 2.39. The Morgan fingerprint density at radius 2 is 2.00 bits per heavy atom. The summed E-state index contributed by atoms with van der Waals surface area (Å²) < 4.78 is 7.33. The minimum atomic E-state index is -0.383. The second-order valence-electron chi connectivity index (χ2n) is 7.78. The Bertz CT molecular complexity index is 1150. The zero-order valence-corrected chi connectivity index (χ0v) is 17.8. The maximum absolute atomic E-state index is 11.6. The maximum Gasteiger partial charge on any atom is 0.270 e. The van der Waals surface area contributed by atoms with Crippen molar-refractivity contribution in [2.75, 3.05) is 25.5 Å². The molecule has 3 heterocycles. The predicted octanol–water partition coefficient (Wildman–Crippen LogP) is 3.58. The first kappa shape index (κ1) is 20.6. The number of amides is 1. The number of fused-ring (bicyclic) bond motifs is 1. The van der Waals surface area contributed by atoms with Gasteiger partial charge >= 0.3 is 0 Å². The molecule has 31 heavy (non-hydrogen) atoms. The molecule has 0 unspecified atom stereocenters. The molecule has 1 fully saturated rings. The average Bonchev–Trinajstić information content (AvgIpc) is 3.11. The average molecular weight is 423 g/mol. The van der Waals surface area contributed by atoms with E-state index in [-0.39, 0.29) is 22.6 Å². The first-order valence-corrected chi connectivity index (χ1v) is 10.2. The van der Waals surface area contributed by atoms with Gasteiger partial charge in [0.2, 0.25) is 11.8 Å². The number of rotatable bonds is 5. The van der Waals surface area contributed by atoms with Crippen LogP contribution in [0.25, 0.3) is 22.0 Å². The van der Waals surface area contributed by atoms with Crippen LogP contribution in [0.5, 0.6) is 5.88 Å². The zero-order valence-electron chi connectivity index (χ0n) is 17.8. The fraction of sp³-hybridized carbons (Fsp3) is 0.364. The Kier molecular flexibility index (Phi) is 5.50. The van der Waals surface area contributed by atoms with Crippen LogP contribution in [0.4, 0.5) is 11.4 Å². The van der Waals surface area contributed by atoms with E-state index >= 15 is 0 Å². The number of anilines is 1. The van der Waals surface area contributed by atoms with Crippen molar-refractivity contribution in [1.82, 2.24) is 14.5 Å². The monoisotopic (exact) mass is 423 g/mol. The van der Waals surface area contributed by atoms with Crippen molar-refractivity contribution in [3.8, 4) is 17.0 Å². The standard InChI is InChI=1S/C22H25N5O4/c1-14(28)26-10-7-15(8-11-26)24-20-5-4-16(27(29)30)12-18(20)19-13-25(2)21-17(19)6-9-23-22(21)31-3/h4-6,9,12-13,15,24H,7-8,10-11H2,1-3H3. The molecule has 0 atom stereocenters. The van der Waals surface area contributed by atoms with Gasteiger partial charge < -0.3 is 19.5 Å². The molecule has 0 radical (unpaired) electrons. The summed E-state index contributed by atoms with van der Waals surface area (Å²) in [4.78, 5) is 28.8. The van der Waals surface area contributed by atoms with E-state index in [1.165, 1.54) is 6.07 Å². The van der Waals surface area contributed by atoms with E-state index < -0.39 is 0 Å². The minimum absolute atomic E-state index is 0.0324. The van der Waals surface area contributed by atoms with Crippen LogP contribution >= 0.6 is 0 Å². The van der Waals surface area contributed by atoms with Crippen molar-refractivity contribution in [2.24, 2.45) is 7.05 Å². The predicted molar refractivity (Wildman–Crippen MR) is 118 cm³/mol. The molecule has 9 nitrogen and oxygen atoms in total. The number of nitrogens with one attached hydrogen (secondary N) is 1. The molecule has 4 rings (SSSR count). The lowest BCUT2D eigenvalue weighted by molar-refractivity contribution is -0.384. The van der Waals surface area contributed by atoms with Crippen LogP contribution in [0.1, 0.15) is 19.8 Å². The molecule has 0 saturated carbocycles. The van der Waals surface area contributed by atoms with E-state index in [4.69, 9.17) is 4.74 Å². The molecule has 1 N–H and O–H groups in total. The number of hydrogen-bond donors (Lipinski definition) is 1. The molecule has 2 aromatic heterocycles. The van der Waals surface area contributed by atoms with Crippen LogP contribution in [0, 0.1) is 10.1 Å². The van der Waals surface area contributed by atoms with Gasteiger partial charge in [-0.15, -0.1) is 0 Å². The highest BCUT2D eigenvalue weighted by Gasteiger charge is 2.23. The van der Waals surface area contributed by atoms with Gasteiger partial charge in [-0.25, -0.2) is 4.98 Å². The van der Waals surface area contributed by atoms with E-state index in [2.05, 4.69) is 10.3 Å². The molecule has 0 spiro atoms. The van der Waals surface area contributed by atoms with Gasteiger partial charge in [-0.2, -0.15) is 0 Å². The number of aryl methyl sites for hydroxylation is 1. The third kappa shape index (κ3) is 3.90. The van der Waals surface area contributed by atoms with Crippen molar-refractivity contribution >= 4 is 28.2 Å². The van der Waals surface area contributed by atoms with E-state index in [1.807, 2.05) is 28.8 Å². The van der Waals surface area contributed by atoms with Gasteiger partial charge in [-0.3, -0.25) is 14.9 Å². The number of carbonyl (C=O) groups excluding carboxylic acids is 1. The largest absolute Gasteiger partial charge is 0.479 e. The quantitative estimate of drug-likeness (QED) is 0.497. The molecule has 1 saturated heterocycles. The topological polar surface area (TPSA) is 103 Å². The number of pyridine rings is 1. The van der Waals surface area contributed by atoms with Gasteiger partial charge in [0.25, 0.3) is 5.69 Å². The summed E-state index contributed by atoms with van der Waals surface area (Å²) in [6.45, 7) is 2.99. The minimum Gasteiger partial charge on any atom is -0.479 e. The fourth-order valence-electron chi connectivity index (χ4n) is 4.24. The lowest BCUT2D eigenvalue weighted by atomic mass is 9.99. The molecule has 162 valence electrons. The van der Waals surface area contributed by atoms with Crippen LogP contribution < -0.4 is 10.1 Å². The Labute approximate surface area is 179 Å². The van der Waals surface area contributed by atoms with Crippen LogP contribution in [0.15, 0.2) is 36.7 Å². The second-order valence-corrected chi connectivity index (χ2v) is 7.78. The van der Waals surface area contributed by atoms with Crippen molar-refractivity contribution in [2.45, 2.75) is 25.8 Å². The van der Waals surface area contributed by atoms with Gasteiger partial charge in [-0.05, 0) is 25.0 Å². The SMILES string of the molecule is COc1nccc2c(-c3cc([N+](=O)[O-])ccc3NC3CCN(C(C)=O)CC3)cn(C)c12. The van der Waals surface area contributed by atoms with Crippen molar-refractivity contribution < 1.29 is 14.5 Å². The molecule has 9 heteroatoms. The first-order valence-electron chi connectivity index (χ1n) is 10.2. The van der Waals surface area contributed by atoms with Gasteiger partial charge in [0.15, 0.2) is 0 Å². The van der Waals surface area contributed by atoms with Gasteiger partial charge in [0, 0.05) is 79.8 Å². The number of benzene rings is 1. The third-order valence-corrected chi connectivity index (χ3v) is 5.85. The summed E-state index contributed by atoms with van der Waals surface area (Å²) in [5, 5.41) is 15.9. The number of methoxy groups -OCH3 is 1. The Morgan fingerprint density at radius 3 is 2.65 bits per heavy atom. The van der Waals surface area contributed by atoms with Gasteiger partial charge in [-0.1, -0.05) is 0 Å². The van der Waals surface area contributed by atoms with E-state index in [9.17, 15) is 14.9 Å². The van der Waals surface area contributed by atoms with Crippen molar-refractivity contribution in [3.05, 3.63) is 46.8 Å². The van der Waals surface area contributed by atoms with E-state index in [0.717, 1.165) is 40.6 Å². The molecular formula is C22H25N5O4. The van der Waals surface area contributed by atoms with Crippen LogP contribution in [-0.4, -0.2) is 51.5 Å². The van der Waals surface area contributed by atoms with Crippen molar-refractivity contribution in [3.63, 3.8) is 0 Å². The smallest absolute Gasteiger partial charge is 0.270 e. The molecule has 1 aliphatic rings. The molecule has 1 aliphatic heterocycles. The van der Waals surface area contributed by atoms with Crippen LogP contribution in [0.2, 0.25) is 0 Å².